The van der Waals surface area contributed by atoms with E-state index in [4.69, 9.17) is 4.74 Å². The molecule has 2 aromatic rings. The Morgan fingerprint density at radius 1 is 1.12 bits per heavy atom. The molecular formula is C19H23N3O2. The van der Waals surface area contributed by atoms with Gasteiger partial charge in [0.05, 0.1) is 19.2 Å². The van der Waals surface area contributed by atoms with Gasteiger partial charge < -0.3 is 9.64 Å². The van der Waals surface area contributed by atoms with Crippen LogP contribution < -0.4 is 4.74 Å². The fraction of sp³-hybridized carbons (Fsp3) is 0.368. The molecule has 1 aliphatic heterocycles. The molecule has 1 saturated heterocycles. The maximum absolute atomic E-state index is 12.5. The lowest BCUT2D eigenvalue weighted by Crippen LogP contribution is -2.48. The molecular weight excluding hydrogens is 302 g/mol. The first-order valence-electron chi connectivity index (χ1n) is 8.27. The van der Waals surface area contributed by atoms with Crippen molar-refractivity contribution in [2.75, 3.05) is 33.3 Å². The molecule has 0 unspecified atom stereocenters. The van der Waals surface area contributed by atoms with E-state index in [1.165, 1.54) is 0 Å². The molecule has 1 aromatic carbocycles. The minimum Gasteiger partial charge on any atom is -0.497 e. The molecule has 1 aromatic heterocycles. The number of benzene rings is 1. The number of nitrogens with zero attached hydrogens (tertiary/aromatic N) is 3. The quantitative estimate of drug-likeness (QED) is 0.843. The maximum Gasteiger partial charge on any atom is 0.227 e. The third kappa shape index (κ3) is 4.32. The molecule has 5 nitrogen and oxygen atoms in total. The molecule has 3 rings (SSSR count). The zero-order valence-corrected chi connectivity index (χ0v) is 14.0. The van der Waals surface area contributed by atoms with Crippen LogP contribution in [0.2, 0.25) is 0 Å². The van der Waals surface area contributed by atoms with Gasteiger partial charge in [0.15, 0.2) is 0 Å². The molecule has 24 heavy (non-hydrogen) atoms. The van der Waals surface area contributed by atoms with Crippen molar-refractivity contribution in [3.05, 3.63) is 59.9 Å². The van der Waals surface area contributed by atoms with Crippen molar-refractivity contribution in [3.8, 4) is 5.75 Å². The van der Waals surface area contributed by atoms with E-state index in [2.05, 4.69) is 9.88 Å². The predicted octanol–water partition coefficient (Wildman–Crippen LogP) is 1.98. The van der Waals surface area contributed by atoms with E-state index < -0.39 is 0 Å². The smallest absolute Gasteiger partial charge is 0.227 e. The summed E-state index contributed by atoms with van der Waals surface area (Å²) in [5.74, 6) is 0.973. The second-order valence-corrected chi connectivity index (χ2v) is 6.01. The third-order valence-electron chi connectivity index (χ3n) is 4.33. The maximum atomic E-state index is 12.5. The summed E-state index contributed by atoms with van der Waals surface area (Å²) in [7, 11) is 1.64. The lowest BCUT2D eigenvalue weighted by Gasteiger charge is -2.34. The lowest BCUT2D eigenvalue weighted by atomic mass is 10.1. The van der Waals surface area contributed by atoms with Crippen LogP contribution in [0.1, 0.15) is 11.3 Å². The van der Waals surface area contributed by atoms with E-state index in [0.29, 0.717) is 6.42 Å². The van der Waals surface area contributed by atoms with Crippen molar-refractivity contribution in [1.29, 1.82) is 0 Å². The van der Waals surface area contributed by atoms with Gasteiger partial charge in [-0.2, -0.15) is 0 Å². The summed E-state index contributed by atoms with van der Waals surface area (Å²) < 4.78 is 5.22. The molecule has 1 aliphatic rings. The molecule has 1 amide bonds. The number of hydrogen-bond donors (Lipinski definition) is 0. The highest BCUT2D eigenvalue weighted by Crippen LogP contribution is 2.14. The first kappa shape index (κ1) is 16.5. The van der Waals surface area contributed by atoms with E-state index in [-0.39, 0.29) is 5.91 Å². The number of rotatable bonds is 5. The van der Waals surface area contributed by atoms with E-state index in [9.17, 15) is 4.79 Å². The number of amides is 1. The van der Waals surface area contributed by atoms with Crippen LogP contribution in [-0.2, 0) is 17.8 Å². The molecule has 0 radical (unpaired) electrons. The van der Waals surface area contributed by atoms with Crippen LogP contribution in [0.3, 0.4) is 0 Å². The van der Waals surface area contributed by atoms with Gasteiger partial charge in [-0.05, 0) is 29.8 Å². The molecule has 0 bridgehead atoms. The molecule has 1 fully saturated rings. The monoisotopic (exact) mass is 325 g/mol. The fourth-order valence-corrected chi connectivity index (χ4v) is 2.94. The van der Waals surface area contributed by atoms with E-state index in [0.717, 1.165) is 49.7 Å². The number of aromatic nitrogens is 1. The van der Waals surface area contributed by atoms with E-state index in [1.807, 2.05) is 53.6 Å². The second kappa shape index (κ2) is 7.93. The molecule has 5 heteroatoms. The number of piperazine rings is 1. The Morgan fingerprint density at radius 2 is 1.96 bits per heavy atom. The average molecular weight is 325 g/mol. The summed E-state index contributed by atoms with van der Waals surface area (Å²) >= 11 is 0. The summed E-state index contributed by atoms with van der Waals surface area (Å²) in [5, 5.41) is 0. The Balaban J connectivity index is 1.49. The van der Waals surface area contributed by atoms with Crippen molar-refractivity contribution in [1.82, 2.24) is 14.8 Å². The van der Waals surface area contributed by atoms with Crippen LogP contribution in [0.15, 0.2) is 48.7 Å². The fourth-order valence-electron chi connectivity index (χ4n) is 2.94. The van der Waals surface area contributed by atoms with Gasteiger partial charge in [-0.3, -0.25) is 14.7 Å². The minimum atomic E-state index is 0.181. The van der Waals surface area contributed by atoms with Crippen LogP contribution >= 0.6 is 0 Å². The SMILES string of the molecule is COc1cccc(CC(=O)N2CCN(Cc3ccccn3)CC2)c1. The van der Waals surface area contributed by atoms with Crippen LogP contribution in [0, 0.1) is 0 Å². The van der Waals surface area contributed by atoms with Crippen molar-refractivity contribution < 1.29 is 9.53 Å². The second-order valence-electron chi connectivity index (χ2n) is 6.01. The largest absolute Gasteiger partial charge is 0.497 e. The van der Waals surface area contributed by atoms with Gasteiger partial charge in [0.1, 0.15) is 5.75 Å². The Hall–Kier alpha value is -2.40. The Bertz CT molecular complexity index is 667. The summed E-state index contributed by atoms with van der Waals surface area (Å²) in [6.07, 6.45) is 2.25. The van der Waals surface area contributed by atoms with Crippen LogP contribution in [-0.4, -0.2) is 54.0 Å². The summed E-state index contributed by atoms with van der Waals surface area (Å²) in [6, 6.07) is 13.7. The summed E-state index contributed by atoms with van der Waals surface area (Å²) in [6.45, 7) is 4.17. The molecule has 0 aliphatic carbocycles. The number of carbonyl (C=O) groups is 1. The van der Waals surface area contributed by atoms with Crippen LogP contribution in [0.5, 0.6) is 5.75 Å². The van der Waals surface area contributed by atoms with Gasteiger partial charge in [-0.15, -0.1) is 0 Å². The first-order valence-corrected chi connectivity index (χ1v) is 8.27. The zero-order chi connectivity index (χ0) is 16.8. The van der Waals surface area contributed by atoms with Gasteiger partial charge in [-0.25, -0.2) is 0 Å². The standard InChI is InChI=1S/C19H23N3O2/c1-24-18-7-4-5-16(13-18)14-19(23)22-11-9-21(10-12-22)15-17-6-2-3-8-20-17/h2-8,13H,9-12,14-15H2,1H3. The summed E-state index contributed by atoms with van der Waals surface area (Å²) in [4.78, 5) is 21.1. The van der Waals surface area contributed by atoms with Gasteiger partial charge >= 0.3 is 0 Å². The van der Waals surface area contributed by atoms with E-state index in [1.54, 1.807) is 7.11 Å². The first-order chi connectivity index (χ1) is 11.7. The average Bonchev–Trinajstić information content (AvgIpc) is 2.63. The normalized spacial score (nSPS) is 15.3. The van der Waals surface area contributed by atoms with Gasteiger partial charge in [-0.1, -0.05) is 18.2 Å². The van der Waals surface area contributed by atoms with Crippen molar-refractivity contribution in [2.45, 2.75) is 13.0 Å². The highest BCUT2D eigenvalue weighted by atomic mass is 16.5. The molecule has 126 valence electrons. The molecule has 0 saturated carbocycles. The van der Waals surface area contributed by atoms with Crippen LogP contribution in [0.4, 0.5) is 0 Å². The van der Waals surface area contributed by atoms with E-state index >= 15 is 0 Å². The lowest BCUT2D eigenvalue weighted by molar-refractivity contribution is -0.132. The molecule has 0 N–H and O–H groups in total. The predicted molar refractivity (Wildman–Crippen MR) is 92.8 cm³/mol. The Morgan fingerprint density at radius 3 is 2.67 bits per heavy atom. The third-order valence-corrected chi connectivity index (χ3v) is 4.33. The number of ether oxygens (including phenoxy) is 1. The zero-order valence-electron chi connectivity index (χ0n) is 14.0. The topological polar surface area (TPSA) is 45.7 Å². The Kier molecular flexibility index (Phi) is 5.43. The van der Waals surface area contributed by atoms with Crippen molar-refractivity contribution in [3.63, 3.8) is 0 Å². The van der Waals surface area contributed by atoms with Crippen molar-refractivity contribution >= 4 is 5.91 Å². The van der Waals surface area contributed by atoms with Gasteiger partial charge in [0.25, 0.3) is 0 Å². The minimum absolute atomic E-state index is 0.181. The van der Waals surface area contributed by atoms with Crippen LogP contribution in [0.25, 0.3) is 0 Å². The number of pyridine rings is 1. The Labute approximate surface area is 142 Å². The molecule has 2 heterocycles. The highest BCUT2D eigenvalue weighted by Gasteiger charge is 2.21. The van der Waals surface area contributed by atoms with Gasteiger partial charge in [0.2, 0.25) is 5.91 Å². The number of methoxy groups -OCH3 is 1. The summed E-state index contributed by atoms with van der Waals surface area (Å²) in [5.41, 5.74) is 2.07. The van der Waals surface area contributed by atoms with Crippen molar-refractivity contribution in [2.24, 2.45) is 0 Å². The highest BCUT2D eigenvalue weighted by molar-refractivity contribution is 5.79. The van der Waals surface area contributed by atoms with Gasteiger partial charge in [0, 0.05) is 38.9 Å². The number of hydrogen-bond acceptors (Lipinski definition) is 4. The molecule has 0 atom stereocenters. The molecule has 0 spiro atoms. The number of carbonyl (C=O) groups excluding carboxylic acids is 1.